The van der Waals surface area contributed by atoms with E-state index in [0.29, 0.717) is 37.0 Å². The summed E-state index contributed by atoms with van der Waals surface area (Å²) in [7, 11) is 0. The van der Waals surface area contributed by atoms with Crippen molar-refractivity contribution < 1.29 is 9.53 Å². The van der Waals surface area contributed by atoms with Crippen molar-refractivity contribution in [1.82, 2.24) is 14.9 Å². The molecule has 168 valence electrons. The number of hydrogen-bond donors (Lipinski definition) is 1. The van der Waals surface area contributed by atoms with Crippen LogP contribution in [0.15, 0.2) is 78.9 Å². The molecule has 0 saturated carbocycles. The predicted octanol–water partition coefficient (Wildman–Crippen LogP) is 6.18. The summed E-state index contributed by atoms with van der Waals surface area (Å²) >= 11 is 6.82. The van der Waals surface area contributed by atoms with Gasteiger partial charge in [-0.3, -0.25) is 4.79 Å². The second-order valence-electron chi connectivity index (χ2n) is 8.39. The molecule has 0 spiro atoms. The first-order valence-corrected chi connectivity index (χ1v) is 11.7. The zero-order chi connectivity index (χ0) is 23.1. The molecule has 6 heteroatoms. The van der Waals surface area contributed by atoms with Crippen LogP contribution in [0.1, 0.15) is 10.5 Å². The minimum atomic E-state index is -0.0717. The average Bonchev–Trinajstić information content (AvgIpc) is 3.29. The van der Waals surface area contributed by atoms with Crippen LogP contribution in [0.25, 0.3) is 44.2 Å². The third-order valence-electron chi connectivity index (χ3n) is 6.33. The highest BCUT2D eigenvalue weighted by Gasteiger charge is 2.23. The van der Waals surface area contributed by atoms with E-state index in [0.717, 1.165) is 44.2 Å². The Labute approximate surface area is 201 Å². The van der Waals surface area contributed by atoms with Crippen LogP contribution in [0, 0.1) is 0 Å². The van der Waals surface area contributed by atoms with Crippen molar-refractivity contribution in [2.45, 2.75) is 0 Å². The van der Waals surface area contributed by atoms with E-state index in [2.05, 4.69) is 35.3 Å². The third-order valence-corrected chi connectivity index (χ3v) is 6.62. The summed E-state index contributed by atoms with van der Waals surface area (Å²) in [5, 5.41) is 2.35. The van der Waals surface area contributed by atoms with Gasteiger partial charge in [0, 0.05) is 40.5 Å². The van der Waals surface area contributed by atoms with Gasteiger partial charge in [-0.05, 0) is 23.8 Å². The van der Waals surface area contributed by atoms with Crippen LogP contribution >= 0.6 is 11.6 Å². The fourth-order valence-corrected chi connectivity index (χ4v) is 4.98. The minimum Gasteiger partial charge on any atom is -0.378 e. The standard InChI is InChI=1S/C28H22ClN3O2/c29-21-17-23(28(33)32-13-15-34-16-14-32)30-22-12-11-20-24(18-7-3-1-4-8-18)26(31-27(20)25(21)22)19-9-5-2-6-10-19/h1-12,17,30H,13-16H2. The van der Waals surface area contributed by atoms with Gasteiger partial charge in [0.15, 0.2) is 0 Å². The molecule has 0 atom stereocenters. The lowest BCUT2D eigenvalue weighted by molar-refractivity contribution is 0.0299. The number of halogens is 1. The molecule has 0 aliphatic carbocycles. The third kappa shape index (κ3) is 3.54. The second kappa shape index (κ2) is 8.60. The van der Waals surface area contributed by atoms with Crippen molar-refractivity contribution in [3.05, 3.63) is 89.6 Å². The molecule has 0 bridgehead atoms. The van der Waals surface area contributed by atoms with E-state index < -0.39 is 0 Å². The highest BCUT2D eigenvalue weighted by atomic mass is 35.5. The van der Waals surface area contributed by atoms with Gasteiger partial charge in [-0.2, -0.15) is 0 Å². The summed E-state index contributed by atoms with van der Waals surface area (Å²) in [6, 6.07) is 26.3. The molecule has 3 heterocycles. The molecular weight excluding hydrogens is 446 g/mol. The monoisotopic (exact) mass is 467 g/mol. The highest BCUT2D eigenvalue weighted by Crippen LogP contribution is 2.42. The lowest BCUT2D eigenvalue weighted by Crippen LogP contribution is -2.41. The molecule has 1 amide bonds. The van der Waals surface area contributed by atoms with E-state index in [1.54, 1.807) is 11.0 Å². The SMILES string of the molecule is O=C(c1cc(Cl)c2c(ccc3c(-c4ccccc4)c(-c4ccccc4)nc32)[nH]1)N1CCOCC1. The molecule has 5 aromatic rings. The molecule has 0 radical (unpaired) electrons. The number of morpholine rings is 1. The normalized spacial score (nSPS) is 14.1. The van der Waals surface area contributed by atoms with Crippen molar-refractivity contribution >= 4 is 39.3 Å². The molecule has 6 rings (SSSR count). The maximum Gasteiger partial charge on any atom is 0.270 e. The topological polar surface area (TPSA) is 58.2 Å². The van der Waals surface area contributed by atoms with Gasteiger partial charge in [0.2, 0.25) is 0 Å². The number of hydrogen-bond acceptors (Lipinski definition) is 3. The fourth-order valence-electron chi connectivity index (χ4n) is 4.68. The quantitative estimate of drug-likeness (QED) is 0.345. The van der Waals surface area contributed by atoms with Gasteiger partial charge >= 0.3 is 0 Å². The Hall–Kier alpha value is -3.67. The molecule has 1 fully saturated rings. The second-order valence-corrected chi connectivity index (χ2v) is 8.79. The van der Waals surface area contributed by atoms with Crippen molar-refractivity contribution in [3.8, 4) is 22.4 Å². The number of ether oxygens (including phenoxy) is 1. The van der Waals surface area contributed by atoms with Crippen molar-refractivity contribution in [1.29, 1.82) is 0 Å². The zero-order valence-electron chi connectivity index (χ0n) is 18.4. The van der Waals surface area contributed by atoms with E-state index in [-0.39, 0.29) is 5.91 Å². The molecular formula is C28H22ClN3O2. The Kier molecular flexibility index (Phi) is 5.28. The molecule has 34 heavy (non-hydrogen) atoms. The van der Waals surface area contributed by atoms with Crippen LogP contribution in [-0.4, -0.2) is 47.1 Å². The number of pyridine rings is 1. The van der Waals surface area contributed by atoms with Gasteiger partial charge in [-0.25, -0.2) is 4.98 Å². The van der Waals surface area contributed by atoms with Gasteiger partial charge in [0.25, 0.3) is 5.91 Å². The number of carbonyl (C=O) groups is 1. The van der Waals surface area contributed by atoms with E-state index in [9.17, 15) is 4.79 Å². The van der Waals surface area contributed by atoms with Crippen molar-refractivity contribution in [2.75, 3.05) is 26.3 Å². The predicted molar refractivity (Wildman–Crippen MR) is 136 cm³/mol. The number of aromatic nitrogens is 2. The van der Waals surface area contributed by atoms with Crippen LogP contribution in [-0.2, 0) is 4.74 Å². The maximum absolute atomic E-state index is 13.1. The summed E-state index contributed by atoms with van der Waals surface area (Å²) in [4.78, 5) is 23.2. The highest BCUT2D eigenvalue weighted by molar-refractivity contribution is 6.38. The van der Waals surface area contributed by atoms with Gasteiger partial charge < -0.3 is 14.6 Å². The lowest BCUT2D eigenvalue weighted by atomic mass is 9.98. The van der Waals surface area contributed by atoms with Gasteiger partial charge in [0.05, 0.1) is 29.4 Å². The number of fused-ring (bicyclic) bond motifs is 3. The van der Waals surface area contributed by atoms with Gasteiger partial charge in [0.1, 0.15) is 5.69 Å². The molecule has 2 aromatic heterocycles. The molecule has 0 unspecified atom stereocenters. The molecule has 3 aromatic carbocycles. The molecule has 5 nitrogen and oxygen atoms in total. The summed E-state index contributed by atoms with van der Waals surface area (Å²) < 4.78 is 5.38. The number of H-pyrrole nitrogens is 1. The Bertz CT molecular complexity index is 1510. The Morgan fingerprint density at radius 3 is 2.29 bits per heavy atom. The fraction of sp³-hybridized carbons (Fsp3) is 0.143. The van der Waals surface area contributed by atoms with Gasteiger partial charge in [-0.15, -0.1) is 0 Å². The first kappa shape index (κ1) is 20.9. The first-order chi connectivity index (χ1) is 16.7. The van der Waals surface area contributed by atoms with Crippen LogP contribution in [0.2, 0.25) is 5.02 Å². The van der Waals surface area contributed by atoms with Crippen molar-refractivity contribution in [3.63, 3.8) is 0 Å². The molecule has 1 saturated heterocycles. The zero-order valence-corrected chi connectivity index (χ0v) is 19.2. The lowest BCUT2D eigenvalue weighted by Gasteiger charge is -2.26. The number of rotatable bonds is 3. The number of benzene rings is 3. The molecule has 1 aliphatic heterocycles. The number of nitrogens with zero attached hydrogens (tertiary/aromatic N) is 2. The molecule has 1 N–H and O–H groups in total. The van der Waals surface area contributed by atoms with E-state index in [4.69, 9.17) is 21.3 Å². The smallest absolute Gasteiger partial charge is 0.270 e. The Morgan fingerprint density at radius 1 is 0.912 bits per heavy atom. The van der Waals surface area contributed by atoms with Crippen LogP contribution in [0.4, 0.5) is 0 Å². The van der Waals surface area contributed by atoms with Crippen LogP contribution < -0.4 is 0 Å². The van der Waals surface area contributed by atoms with Crippen LogP contribution in [0.5, 0.6) is 0 Å². The maximum atomic E-state index is 13.1. The molecule has 1 aliphatic rings. The average molecular weight is 468 g/mol. The number of carbonyl (C=O) groups excluding carboxylic acids is 1. The largest absolute Gasteiger partial charge is 0.378 e. The Morgan fingerprint density at radius 2 is 1.59 bits per heavy atom. The number of nitrogens with one attached hydrogen (secondary N) is 1. The summed E-state index contributed by atoms with van der Waals surface area (Å²) in [6.07, 6.45) is 0. The van der Waals surface area contributed by atoms with Crippen LogP contribution in [0.3, 0.4) is 0 Å². The number of aromatic amines is 1. The number of amides is 1. The summed E-state index contributed by atoms with van der Waals surface area (Å²) in [6.45, 7) is 2.25. The summed E-state index contributed by atoms with van der Waals surface area (Å²) in [5.41, 5.74) is 6.21. The summed E-state index contributed by atoms with van der Waals surface area (Å²) in [5.74, 6) is -0.0717. The van der Waals surface area contributed by atoms with E-state index in [1.165, 1.54) is 0 Å². The minimum absolute atomic E-state index is 0.0717. The van der Waals surface area contributed by atoms with E-state index >= 15 is 0 Å². The first-order valence-electron chi connectivity index (χ1n) is 11.3. The van der Waals surface area contributed by atoms with Gasteiger partial charge in [-0.1, -0.05) is 72.3 Å². The van der Waals surface area contributed by atoms with Crippen molar-refractivity contribution in [2.24, 2.45) is 0 Å². The Balaban J connectivity index is 1.57. The van der Waals surface area contributed by atoms with E-state index in [1.807, 2.05) is 42.5 Å².